The number of halogens is 1. The van der Waals surface area contributed by atoms with Crippen molar-refractivity contribution in [2.24, 2.45) is 0 Å². The summed E-state index contributed by atoms with van der Waals surface area (Å²) in [4.78, 5) is 11.3. The molecule has 0 aliphatic heterocycles. The van der Waals surface area contributed by atoms with Crippen LogP contribution in [0.2, 0.25) is 0 Å². The van der Waals surface area contributed by atoms with Crippen LogP contribution in [-0.4, -0.2) is 25.1 Å². The number of ether oxygens (including phenoxy) is 1. The number of carbonyl (C=O) groups excluding carboxylic acids is 1. The molecule has 0 saturated heterocycles. The molecule has 7 heteroatoms. The Kier molecular flexibility index (Phi) is 6.52. The Hall–Kier alpha value is -0.870. The van der Waals surface area contributed by atoms with Crippen molar-refractivity contribution in [3.05, 3.63) is 24.3 Å². The van der Waals surface area contributed by atoms with Crippen molar-refractivity contribution < 1.29 is 23.1 Å². The Morgan fingerprint density at radius 3 is 2.32 bits per heavy atom. The maximum atomic E-state index is 12.6. The van der Waals surface area contributed by atoms with Gasteiger partial charge in [-0.1, -0.05) is 12.1 Å². The van der Waals surface area contributed by atoms with Crippen LogP contribution < -0.4 is 10.0 Å². The number of carbonyl (C=O) groups is 1. The summed E-state index contributed by atoms with van der Waals surface area (Å²) in [5.74, 6) is -0.783. The summed E-state index contributed by atoms with van der Waals surface area (Å²) >= 11 is 5.38. The molecule has 0 aliphatic rings. The number of benzene rings is 1. The first kappa shape index (κ1) is 16.2. The van der Waals surface area contributed by atoms with E-state index in [0.29, 0.717) is 0 Å². The Bertz CT molecular complexity index is 467. The molecule has 0 amide bonds. The Morgan fingerprint density at radius 2 is 1.79 bits per heavy atom. The van der Waals surface area contributed by atoms with Crippen LogP contribution in [0.25, 0.3) is 0 Å². The molecular formula is C12H16ClO5P. The third-order valence-electron chi connectivity index (χ3n) is 2.09. The molecular weight excluding hydrogens is 291 g/mol. The van der Waals surface area contributed by atoms with Crippen molar-refractivity contribution >= 4 is 30.5 Å². The zero-order chi connectivity index (χ0) is 14.3. The van der Waals surface area contributed by atoms with Crippen LogP contribution >= 0.6 is 19.2 Å². The largest absolute Gasteiger partial charge is 0.425 e. The average molecular weight is 307 g/mol. The van der Waals surface area contributed by atoms with E-state index in [0.717, 1.165) is 0 Å². The van der Waals surface area contributed by atoms with Crippen molar-refractivity contribution in [2.45, 2.75) is 13.8 Å². The van der Waals surface area contributed by atoms with Crippen LogP contribution in [0, 0.1) is 0 Å². The lowest BCUT2D eigenvalue weighted by molar-refractivity contribution is -0.131. The van der Waals surface area contributed by atoms with Gasteiger partial charge in [0.25, 0.3) is 0 Å². The van der Waals surface area contributed by atoms with Gasteiger partial charge < -0.3 is 13.8 Å². The van der Waals surface area contributed by atoms with Gasteiger partial charge in [0.2, 0.25) is 0 Å². The number of hydrogen-bond acceptors (Lipinski definition) is 5. The molecule has 0 spiro atoms. The zero-order valence-electron chi connectivity index (χ0n) is 10.8. The molecule has 0 atom stereocenters. The van der Waals surface area contributed by atoms with Crippen molar-refractivity contribution in [1.29, 1.82) is 0 Å². The summed E-state index contributed by atoms with van der Waals surface area (Å²) < 4.78 is 28.1. The van der Waals surface area contributed by atoms with Gasteiger partial charge in [-0.2, -0.15) is 0 Å². The van der Waals surface area contributed by atoms with Gasteiger partial charge in [-0.05, 0) is 26.0 Å². The van der Waals surface area contributed by atoms with E-state index in [-0.39, 0.29) is 30.1 Å². The standard InChI is InChI=1S/C12H16ClO5P/c1-3-16-19(15,17-4-2)11-8-6-5-7-10(11)18-12(14)9-13/h5-8H,3-4,9H2,1-2H3. The number of hydrogen-bond donors (Lipinski definition) is 0. The van der Waals surface area contributed by atoms with E-state index in [1.54, 1.807) is 32.0 Å². The van der Waals surface area contributed by atoms with Gasteiger partial charge in [0.1, 0.15) is 16.9 Å². The molecule has 106 valence electrons. The second-order valence-electron chi connectivity index (χ2n) is 3.41. The highest BCUT2D eigenvalue weighted by atomic mass is 35.5. The zero-order valence-corrected chi connectivity index (χ0v) is 12.4. The van der Waals surface area contributed by atoms with Crippen LogP contribution in [0.3, 0.4) is 0 Å². The number of rotatable bonds is 7. The summed E-state index contributed by atoms with van der Waals surface area (Å²) in [6.45, 7) is 3.85. The van der Waals surface area contributed by atoms with Crippen LogP contribution in [0.1, 0.15) is 13.8 Å². The summed E-state index contributed by atoms with van der Waals surface area (Å²) in [5.41, 5.74) is 0. The fourth-order valence-electron chi connectivity index (χ4n) is 1.44. The first-order valence-corrected chi connectivity index (χ1v) is 7.90. The minimum atomic E-state index is -3.50. The highest BCUT2D eigenvalue weighted by Gasteiger charge is 2.30. The molecule has 0 fully saturated rings. The molecule has 0 bridgehead atoms. The third kappa shape index (κ3) is 4.32. The smallest absolute Gasteiger partial charge is 0.365 e. The van der Waals surface area contributed by atoms with Gasteiger partial charge in [-0.25, -0.2) is 0 Å². The number of esters is 1. The summed E-state index contributed by atoms with van der Waals surface area (Å²) in [7, 11) is -3.50. The minimum Gasteiger partial charge on any atom is -0.425 e. The molecule has 19 heavy (non-hydrogen) atoms. The molecule has 0 N–H and O–H groups in total. The second kappa shape index (κ2) is 7.65. The quantitative estimate of drug-likeness (QED) is 0.335. The fraction of sp³-hybridized carbons (Fsp3) is 0.417. The molecule has 0 unspecified atom stereocenters. The van der Waals surface area contributed by atoms with Gasteiger partial charge in [0.05, 0.1) is 13.2 Å². The number of alkyl halides is 1. The maximum absolute atomic E-state index is 12.6. The van der Waals surface area contributed by atoms with Gasteiger partial charge in [0.15, 0.2) is 0 Å². The maximum Gasteiger partial charge on any atom is 0.365 e. The molecule has 0 aromatic heterocycles. The lowest BCUT2D eigenvalue weighted by Crippen LogP contribution is -2.18. The Labute approximate surface area is 117 Å². The van der Waals surface area contributed by atoms with E-state index in [2.05, 4.69) is 0 Å². The second-order valence-corrected chi connectivity index (χ2v) is 5.67. The highest BCUT2D eigenvalue weighted by Crippen LogP contribution is 2.49. The lowest BCUT2D eigenvalue weighted by atomic mass is 10.3. The minimum absolute atomic E-state index is 0.137. The van der Waals surface area contributed by atoms with Crippen LogP contribution in [0.4, 0.5) is 0 Å². The molecule has 5 nitrogen and oxygen atoms in total. The van der Waals surface area contributed by atoms with Gasteiger partial charge in [-0.3, -0.25) is 9.36 Å². The summed E-state index contributed by atoms with van der Waals surface area (Å²) in [6.07, 6.45) is 0. The number of para-hydroxylation sites is 1. The van der Waals surface area contributed by atoms with Crippen LogP contribution in [0.5, 0.6) is 5.75 Å². The van der Waals surface area contributed by atoms with Gasteiger partial charge in [0, 0.05) is 0 Å². The van der Waals surface area contributed by atoms with Crippen LogP contribution in [-0.2, 0) is 18.4 Å². The van der Waals surface area contributed by atoms with Gasteiger partial charge in [-0.15, -0.1) is 11.6 Å². The van der Waals surface area contributed by atoms with Crippen LogP contribution in [0.15, 0.2) is 24.3 Å². The third-order valence-corrected chi connectivity index (χ3v) is 4.47. The SMILES string of the molecule is CCOP(=O)(OCC)c1ccccc1OC(=O)CCl. The van der Waals surface area contributed by atoms with E-state index in [9.17, 15) is 9.36 Å². The molecule has 0 aliphatic carbocycles. The average Bonchev–Trinajstić information content (AvgIpc) is 2.39. The van der Waals surface area contributed by atoms with E-state index in [4.69, 9.17) is 25.4 Å². The van der Waals surface area contributed by atoms with Crippen molar-refractivity contribution in [1.82, 2.24) is 0 Å². The highest BCUT2D eigenvalue weighted by molar-refractivity contribution is 7.62. The predicted octanol–water partition coefficient (Wildman–Crippen LogP) is 2.72. The first-order valence-electron chi connectivity index (χ1n) is 5.82. The summed E-state index contributed by atoms with van der Waals surface area (Å²) in [6, 6.07) is 6.38. The van der Waals surface area contributed by atoms with Gasteiger partial charge >= 0.3 is 13.6 Å². The predicted molar refractivity (Wildman–Crippen MR) is 73.3 cm³/mol. The monoisotopic (exact) mass is 306 g/mol. The van der Waals surface area contributed by atoms with Crippen molar-refractivity contribution in [3.8, 4) is 5.75 Å². The Morgan fingerprint density at radius 1 is 1.21 bits per heavy atom. The topological polar surface area (TPSA) is 61.8 Å². The normalized spacial score (nSPS) is 11.3. The molecule has 1 rings (SSSR count). The van der Waals surface area contributed by atoms with E-state index >= 15 is 0 Å². The first-order chi connectivity index (χ1) is 9.07. The Balaban J connectivity index is 3.16. The molecule has 1 aromatic rings. The molecule has 1 aromatic carbocycles. The van der Waals surface area contributed by atoms with E-state index in [1.165, 1.54) is 6.07 Å². The molecule has 0 radical (unpaired) electrons. The molecule has 0 heterocycles. The van der Waals surface area contributed by atoms with Crippen molar-refractivity contribution in [3.63, 3.8) is 0 Å². The van der Waals surface area contributed by atoms with Crippen molar-refractivity contribution in [2.75, 3.05) is 19.1 Å². The molecule has 0 saturated carbocycles. The van der Waals surface area contributed by atoms with E-state index in [1.807, 2.05) is 0 Å². The summed E-state index contributed by atoms with van der Waals surface area (Å²) in [5, 5.41) is 0.220. The lowest BCUT2D eigenvalue weighted by Gasteiger charge is -2.19. The van der Waals surface area contributed by atoms with E-state index < -0.39 is 13.6 Å². The fourth-order valence-corrected chi connectivity index (χ4v) is 3.18.